The van der Waals surface area contributed by atoms with Crippen LogP contribution >= 0.6 is 0 Å². The number of aliphatic hydroxyl groups excluding tert-OH is 1. The molecule has 1 aliphatic heterocycles. The second-order valence-electron chi connectivity index (χ2n) is 4.74. The zero-order valence-electron chi connectivity index (χ0n) is 10.9. The smallest absolute Gasteiger partial charge is 0.136 e. The normalized spacial score (nSPS) is 17.0. The van der Waals surface area contributed by atoms with Gasteiger partial charge in [0.2, 0.25) is 0 Å². The van der Waals surface area contributed by atoms with Crippen LogP contribution in [0.4, 0.5) is 0 Å². The van der Waals surface area contributed by atoms with Gasteiger partial charge in [-0.05, 0) is 50.5 Å². The molecule has 3 heteroatoms. The molecule has 0 fully saturated rings. The van der Waals surface area contributed by atoms with Crippen molar-refractivity contribution in [3.8, 4) is 5.75 Å². The Morgan fingerprint density at radius 1 is 1.33 bits per heavy atom. The first-order valence-corrected chi connectivity index (χ1v) is 6.44. The van der Waals surface area contributed by atoms with E-state index in [1.807, 2.05) is 44.2 Å². The highest BCUT2D eigenvalue weighted by molar-refractivity contribution is 5.33. The summed E-state index contributed by atoms with van der Waals surface area (Å²) in [4.78, 5) is 0. The Labute approximate surface area is 108 Å². The van der Waals surface area contributed by atoms with Crippen molar-refractivity contribution in [1.82, 2.24) is 0 Å². The molecule has 0 saturated carbocycles. The molecule has 1 atom stereocenters. The van der Waals surface area contributed by atoms with Crippen LogP contribution in [0.25, 0.3) is 0 Å². The number of ether oxygens (including phenoxy) is 2. The van der Waals surface area contributed by atoms with Crippen molar-refractivity contribution in [3.63, 3.8) is 0 Å². The van der Waals surface area contributed by atoms with Crippen molar-refractivity contribution >= 4 is 0 Å². The second kappa shape index (κ2) is 5.91. The predicted octanol–water partition coefficient (Wildman–Crippen LogP) is 3.20. The van der Waals surface area contributed by atoms with Crippen molar-refractivity contribution in [1.29, 1.82) is 0 Å². The van der Waals surface area contributed by atoms with Gasteiger partial charge in [0.1, 0.15) is 17.6 Å². The highest BCUT2D eigenvalue weighted by Crippen LogP contribution is 2.28. The molecule has 1 heterocycles. The molecular formula is C15H20O3. The molecule has 0 bridgehead atoms. The van der Waals surface area contributed by atoms with E-state index in [0.717, 1.165) is 24.2 Å². The maximum Gasteiger partial charge on any atom is 0.136 e. The van der Waals surface area contributed by atoms with E-state index in [0.29, 0.717) is 12.4 Å². The number of hydrogen-bond donors (Lipinski definition) is 1. The molecule has 98 valence electrons. The Balaban J connectivity index is 2.14. The molecule has 0 radical (unpaired) electrons. The minimum absolute atomic E-state index is 0.127. The Kier molecular flexibility index (Phi) is 4.26. The largest absolute Gasteiger partial charge is 0.495 e. The lowest BCUT2D eigenvalue weighted by Gasteiger charge is -2.20. The van der Waals surface area contributed by atoms with E-state index in [1.165, 1.54) is 0 Å². The fourth-order valence-corrected chi connectivity index (χ4v) is 1.96. The maximum atomic E-state index is 10.3. The number of rotatable bonds is 4. The molecule has 1 unspecified atom stereocenters. The van der Waals surface area contributed by atoms with Crippen LogP contribution in [-0.2, 0) is 4.74 Å². The SMILES string of the molecule is CC(C)Oc1cccc(C(O)C2=CCCCO2)c1. The summed E-state index contributed by atoms with van der Waals surface area (Å²) in [6, 6.07) is 7.53. The van der Waals surface area contributed by atoms with Crippen molar-refractivity contribution in [3.05, 3.63) is 41.7 Å². The molecule has 0 saturated heterocycles. The van der Waals surface area contributed by atoms with Crippen LogP contribution in [0.5, 0.6) is 5.75 Å². The first kappa shape index (κ1) is 13.0. The van der Waals surface area contributed by atoms with Gasteiger partial charge in [-0.25, -0.2) is 0 Å². The van der Waals surface area contributed by atoms with Gasteiger partial charge in [0, 0.05) is 0 Å². The van der Waals surface area contributed by atoms with Crippen molar-refractivity contribution in [2.24, 2.45) is 0 Å². The van der Waals surface area contributed by atoms with Crippen LogP contribution in [0.2, 0.25) is 0 Å². The second-order valence-corrected chi connectivity index (χ2v) is 4.74. The number of hydrogen-bond acceptors (Lipinski definition) is 3. The molecule has 1 aliphatic rings. The van der Waals surface area contributed by atoms with Gasteiger partial charge >= 0.3 is 0 Å². The van der Waals surface area contributed by atoms with Crippen molar-refractivity contribution < 1.29 is 14.6 Å². The molecular weight excluding hydrogens is 228 g/mol. The van der Waals surface area contributed by atoms with Gasteiger partial charge < -0.3 is 14.6 Å². The monoisotopic (exact) mass is 248 g/mol. The van der Waals surface area contributed by atoms with E-state index in [-0.39, 0.29) is 6.10 Å². The van der Waals surface area contributed by atoms with Gasteiger partial charge in [-0.2, -0.15) is 0 Å². The van der Waals surface area contributed by atoms with Crippen LogP contribution in [0.15, 0.2) is 36.1 Å². The highest BCUT2D eigenvalue weighted by Gasteiger charge is 2.17. The standard InChI is InChI=1S/C15H20O3/c1-11(2)18-13-7-5-6-12(10-13)15(16)14-8-3-4-9-17-14/h5-8,10-11,15-16H,3-4,9H2,1-2H3. The third-order valence-corrected chi connectivity index (χ3v) is 2.78. The average Bonchev–Trinajstić information content (AvgIpc) is 2.38. The predicted molar refractivity (Wildman–Crippen MR) is 70.4 cm³/mol. The van der Waals surface area contributed by atoms with Gasteiger partial charge in [-0.15, -0.1) is 0 Å². The number of allylic oxidation sites excluding steroid dienone is 1. The lowest BCUT2D eigenvalue weighted by molar-refractivity contribution is 0.0915. The van der Waals surface area contributed by atoms with Crippen molar-refractivity contribution in [2.75, 3.05) is 6.61 Å². The summed E-state index contributed by atoms with van der Waals surface area (Å²) < 4.78 is 11.1. The van der Waals surface area contributed by atoms with Crippen LogP contribution in [0, 0.1) is 0 Å². The molecule has 3 nitrogen and oxygen atoms in total. The molecule has 1 N–H and O–H groups in total. The van der Waals surface area contributed by atoms with Crippen LogP contribution in [0.1, 0.15) is 38.4 Å². The fourth-order valence-electron chi connectivity index (χ4n) is 1.96. The van der Waals surface area contributed by atoms with E-state index < -0.39 is 6.10 Å². The third kappa shape index (κ3) is 3.26. The van der Waals surface area contributed by atoms with E-state index in [4.69, 9.17) is 9.47 Å². The summed E-state index contributed by atoms with van der Waals surface area (Å²) in [6.45, 7) is 4.65. The Morgan fingerprint density at radius 3 is 2.83 bits per heavy atom. The molecule has 0 spiro atoms. The Morgan fingerprint density at radius 2 is 2.17 bits per heavy atom. The first-order valence-electron chi connectivity index (χ1n) is 6.44. The first-order chi connectivity index (χ1) is 8.66. The molecule has 1 aromatic carbocycles. The Bertz CT molecular complexity index is 424. The van der Waals surface area contributed by atoms with Crippen molar-refractivity contribution in [2.45, 2.75) is 38.9 Å². The lowest BCUT2D eigenvalue weighted by Crippen LogP contribution is -2.10. The summed E-state index contributed by atoms with van der Waals surface area (Å²) in [7, 11) is 0. The lowest BCUT2D eigenvalue weighted by atomic mass is 10.1. The molecule has 1 aromatic rings. The van der Waals surface area contributed by atoms with Gasteiger partial charge in [0.05, 0.1) is 12.7 Å². The molecule has 0 aromatic heterocycles. The van der Waals surface area contributed by atoms with Gasteiger partial charge in [-0.1, -0.05) is 12.1 Å². The molecule has 0 amide bonds. The third-order valence-electron chi connectivity index (χ3n) is 2.78. The minimum atomic E-state index is -0.694. The molecule has 18 heavy (non-hydrogen) atoms. The van der Waals surface area contributed by atoms with E-state index in [9.17, 15) is 5.11 Å². The quantitative estimate of drug-likeness (QED) is 0.889. The maximum absolute atomic E-state index is 10.3. The summed E-state index contributed by atoms with van der Waals surface area (Å²) >= 11 is 0. The average molecular weight is 248 g/mol. The van der Waals surface area contributed by atoms with E-state index >= 15 is 0 Å². The molecule has 0 aliphatic carbocycles. The Hall–Kier alpha value is -1.48. The molecule has 2 rings (SSSR count). The summed E-state index contributed by atoms with van der Waals surface area (Å²) in [5.74, 6) is 1.43. The van der Waals surface area contributed by atoms with Crippen LogP contribution in [0.3, 0.4) is 0 Å². The van der Waals surface area contributed by atoms with Gasteiger partial charge in [-0.3, -0.25) is 0 Å². The summed E-state index contributed by atoms with van der Waals surface area (Å²) in [5.41, 5.74) is 0.807. The van der Waals surface area contributed by atoms with Gasteiger partial charge in [0.25, 0.3) is 0 Å². The zero-order chi connectivity index (χ0) is 13.0. The van der Waals surface area contributed by atoms with E-state index in [2.05, 4.69) is 0 Å². The summed E-state index contributed by atoms with van der Waals surface area (Å²) in [6.07, 6.45) is 3.38. The van der Waals surface area contributed by atoms with Crippen LogP contribution in [-0.4, -0.2) is 17.8 Å². The number of aliphatic hydroxyl groups is 1. The van der Waals surface area contributed by atoms with Gasteiger partial charge in [0.15, 0.2) is 0 Å². The topological polar surface area (TPSA) is 38.7 Å². The fraction of sp³-hybridized carbons (Fsp3) is 0.467. The number of benzene rings is 1. The highest BCUT2D eigenvalue weighted by atomic mass is 16.5. The minimum Gasteiger partial charge on any atom is -0.495 e. The zero-order valence-corrected chi connectivity index (χ0v) is 10.9. The van der Waals surface area contributed by atoms with E-state index in [1.54, 1.807) is 0 Å². The summed E-state index contributed by atoms with van der Waals surface area (Å²) in [5, 5.41) is 10.3. The van der Waals surface area contributed by atoms with Crippen LogP contribution < -0.4 is 4.74 Å².